The van der Waals surface area contributed by atoms with E-state index in [1.807, 2.05) is 12.1 Å². The van der Waals surface area contributed by atoms with Crippen LogP contribution in [0, 0.1) is 0 Å². The lowest BCUT2D eigenvalue weighted by Crippen LogP contribution is -2.49. The van der Waals surface area contributed by atoms with E-state index in [0.29, 0.717) is 13.2 Å². The Kier molecular flexibility index (Phi) is 4.37. The number of primary amides is 1. The Morgan fingerprint density at radius 1 is 1.33 bits per heavy atom. The fourth-order valence-corrected chi connectivity index (χ4v) is 2.58. The summed E-state index contributed by atoms with van der Waals surface area (Å²) in [6.07, 6.45) is 1.70. The summed E-state index contributed by atoms with van der Waals surface area (Å²) in [6, 6.07) is 8.17. The van der Waals surface area contributed by atoms with E-state index in [-0.39, 0.29) is 18.0 Å². The minimum Gasteiger partial charge on any atom is -0.381 e. The Balaban J connectivity index is 2.22. The fraction of sp³-hybridized carbons (Fsp3) is 0.462. The second kappa shape index (κ2) is 5.82. The third-order valence-electron chi connectivity index (χ3n) is 3.34. The summed E-state index contributed by atoms with van der Waals surface area (Å²) in [4.78, 5) is 11.0. The first kappa shape index (κ1) is 13.5. The molecule has 1 heterocycles. The lowest BCUT2D eigenvalue weighted by molar-refractivity contribution is -0.117. The van der Waals surface area contributed by atoms with Crippen LogP contribution in [0.25, 0.3) is 0 Å². The van der Waals surface area contributed by atoms with E-state index < -0.39 is 0 Å². The average Bonchev–Trinajstić information content (AvgIpc) is 2.38. The van der Waals surface area contributed by atoms with Crippen molar-refractivity contribution in [1.29, 1.82) is 0 Å². The molecule has 1 aliphatic rings. The van der Waals surface area contributed by atoms with Crippen LogP contribution in [-0.4, -0.2) is 25.7 Å². The summed E-state index contributed by atoms with van der Waals surface area (Å²) in [5.74, 6) is -0.335. The molecule has 1 aromatic carbocycles. The third-order valence-corrected chi connectivity index (χ3v) is 3.87. The number of halogens is 1. The Bertz CT molecular complexity index is 414. The molecule has 1 aliphatic heterocycles. The largest absolute Gasteiger partial charge is 0.381 e. The standard InChI is InChI=1S/C13H17BrN2O2/c14-11-3-1-10(2-4-11)13(16-9-12(15)17)5-7-18-8-6-13/h1-4,16H,5-9H2,(H2,15,17). The SMILES string of the molecule is NC(=O)CNC1(c2ccc(Br)cc2)CCOCC1. The lowest BCUT2D eigenvalue weighted by atomic mass is 9.82. The van der Waals surface area contributed by atoms with Crippen molar-refractivity contribution in [2.75, 3.05) is 19.8 Å². The number of hydrogen-bond donors (Lipinski definition) is 2. The van der Waals surface area contributed by atoms with Gasteiger partial charge in [-0.3, -0.25) is 10.1 Å². The molecule has 2 rings (SSSR count). The number of nitrogens with two attached hydrogens (primary N) is 1. The molecule has 0 atom stereocenters. The molecule has 4 nitrogen and oxygen atoms in total. The van der Waals surface area contributed by atoms with Gasteiger partial charge in [0.05, 0.1) is 6.54 Å². The van der Waals surface area contributed by atoms with E-state index in [0.717, 1.165) is 17.3 Å². The predicted molar refractivity (Wildman–Crippen MR) is 73.1 cm³/mol. The first-order valence-corrected chi connectivity index (χ1v) is 6.79. The van der Waals surface area contributed by atoms with Crippen LogP contribution >= 0.6 is 15.9 Å². The molecule has 1 saturated heterocycles. The van der Waals surface area contributed by atoms with E-state index in [1.165, 1.54) is 5.56 Å². The summed E-state index contributed by atoms with van der Waals surface area (Å²) in [7, 11) is 0. The van der Waals surface area contributed by atoms with Gasteiger partial charge in [-0.15, -0.1) is 0 Å². The number of carbonyl (C=O) groups is 1. The first-order chi connectivity index (χ1) is 8.62. The average molecular weight is 313 g/mol. The highest BCUT2D eigenvalue weighted by atomic mass is 79.9. The van der Waals surface area contributed by atoms with Crippen LogP contribution < -0.4 is 11.1 Å². The van der Waals surface area contributed by atoms with Crippen molar-refractivity contribution in [3.05, 3.63) is 34.3 Å². The Morgan fingerprint density at radius 2 is 1.94 bits per heavy atom. The molecule has 3 N–H and O–H groups in total. The molecule has 0 saturated carbocycles. The van der Waals surface area contributed by atoms with Gasteiger partial charge in [0.2, 0.25) is 5.91 Å². The molecule has 0 aliphatic carbocycles. The molecule has 0 spiro atoms. The summed E-state index contributed by atoms with van der Waals surface area (Å²) < 4.78 is 6.46. The topological polar surface area (TPSA) is 64.4 Å². The number of ether oxygens (including phenoxy) is 1. The normalized spacial score (nSPS) is 18.5. The third kappa shape index (κ3) is 3.10. The number of carbonyl (C=O) groups excluding carboxylic acids is 1. The Hall–Kier alpha value is -0.910. The van der Waals surface area contributed by atoms with Gasteiger partial charge >= 0.3 is 0 Å². The van der Waals surface area contributed by atoms with Gasteiger partial charge in [0.15, 0.2) is 0 Å². The van der Waals surface area contributed by atoms with Gasteiger partial charge in [-0.25, -0.2) is 0 Å². The number of benzene rings is 1. The molecule has 1 amide bonds. The van der Waals surface area contributed by atoms with Crippen molar-refractivity contribution in [3.63, 3.8) is 0 Å². The molecule has 0 radical (unpaired) electrons. The van der Waals surface area contributed by atoms with Crippen LogP contribution in [0.3, 0.4) is 0 Å². The van der Waals surface area contributed by atoms with Crippen molar-refractivity contribution in [2.24, 2.45) is 5.73 Å². The van der Waals surface area contributed by atoms with Crippen LogP contribution in [0.5, 0.6) is 0 Å². The maximum atomic E-state index is 11.0. The summed E-state index contributed by atoms with van der Waals surface area (Å²) >= 11 is 3.43. The van der Waals surface area contributed by atoms with Gasteiger partial charge in [-0.1, -0.05) is 28.1 Å². The van der Waals surface area contributed by atoms with Crippen molar-refractivity contribution >= 4 is 21.8 Å². The quantitative estimate of drug-likeness (QED) is 0.886. The minimum absolute atomic E-state index is 0.191. The maximum absolute atomic E-state index is 11.0. The second-order valence-corrected chi connectivity index (χ2v) is 5.44. The smallest absolute Gasteiger partial charge is 0.231 e. The zero-order valence-electron chi connectivity index (χ0n) is 10.1. The van der Waals surface area contributed by atoms with E-state index in [9.17, 15) is 4.79 Å². The van der Waals surface area contributed by atoms with Gasteiger partial charge in [0.25, 0.3) is 0 Å². The van der Waals surface area contributed by atoms with Gasteiger partial charge < -0.3 is 10.5 Å². The zero-order valence-corrected chi connectivity index (χ0v) is 11.7. The van der Waals surface area contributed by atoms with Gasteiger partial charge in [-0.2, -0.15) is 0 Å². The summed E-state index contributed by atoms with van der Waals surface area (Å²) in [6.45, 7) is 1.58. The number of rotatable bonds is 4. The van der Waals surface area contributed by atoms with Crippen LogP contribution in [-0.2, 0) is 15.1 Å². The highest BCUT2D eigenvalue weighted by molar-refractivity contribution is 9.10. The highest BCUT2D eigenvalue weighted by Gasteiger charge is 2.34. The van der Waals surface area contributed by atoms with Crippen molar-refractivity contribution in [1.82, 2.24) is 5.32 Å². The molecule has 1 aromatic rings. The van der Waals surface area contributed by atoms with Crippen molar-refractivity contribution in [2.45, 2.75) is 18.4 Å². The van der Waals surface area contributed by atoms with Crippen LogP contribution in [0.2, 0.25) is 0 Å². The van der Waals surface area contributed by atoms with E-state index in [1.54, 1.807) is 0 Å². The Morgan fingerprint density at radius 3 is 2.50 bits per heavy atom. The molecular weight excluding hydrogens is 296 g/mol. The van der Waals surface area contributed by atoms with E-state index in [4.69, 9.17) is 10.5 Å². The number of hydrogen-bond acceptors (Lipinski definition) is 3. The van der Waals surface area contributed by atoms with Crippen LogP contribution in [0.15, 0.2) is 28.7 Å². The van der Waals surface area contributed by atoms with Gasteiger partial charge in [0, 0.05) is 23.2 Å². The maximum Gasteiger partial charge on any atom is 0.231 e. The summed E-state index contributed by atoms with van der Waals surface area (Å²) in [5.41, 5.74) is 6.21. The lowest BCUT2D eigenvalue weighted by Gasteiger charge is -2.38. The van der Waals surface area contributed by atoms with Crippen molar-refractivity contribution in [3.8, 4) is 0 Å². The van der Waals surface area contributed by atoms with Gasteiger partial charge in [0.1, 0.15) is 0 Å². The van der Waals surface area contributed by atoms with Crippen LogP contribution in [0.1, 0.15) is 18.4 Å². The monoisotopic (exact) mass is 312 g/mol. The molecule has 0 aromatic heterocycles. The molecular formula is C13H17BrN2O2. The highest BCUT2D eigenvalue weighted by Crippen LogP contribution is 2.32. The molecule has 98 valence electrons. The Labute approximate surface area is 115 Å². The zero-order chi connectivity index (χ0) is 13.0. The van der Waals surface area contributed by atoms with Gasteiger partial charge in [-0.05, 0) is 30.5 Å². The summed E-state index contributed by atoms with van der Waals surface area (Å²) in [5, 5.41) is 3.30. The van der Waals surface area contributed by atoms with E-state index in [2.05, 4.69) is 33.4 Å². The molecule has 1 fully saturated rings. The van der Waals surface area contributed by atoms with E-state index >= 15 is 0 Å². The number of amides is 1. The number of nitrogens with one attached hydrogen (secondary N) is 1. The minimum atomic E-state index is -0.335. The fourth-order valence-electron chi connectivity index (χ4n) is 2.31. The second-order valence-electron chi connectivity index (χ2n) is 4.52. The predicted octanol–water partition coefficient (Wildman–Crippen LogP) is 1.53. The molecule has 0 bridgehead atoms. The first-order valence-electron chi connectivity index (χ1n) is 5.99. The van der Waals surface area contributed by atoms with Crippen LogP contribution in [0.4, 0.5) is 0 Å². The van der Waals surface area contributed by atoms with Crippen molar-refractivity contribution < 1.29 is 9.53 Å². The molecule has 5 heteroatoms. The molecule has 18 heavy (non-hydrogen) atoms. The molecule has 0 unspecified atom stereocenters.